The first-order valence-electron chi connectivity index (χ1n) is 7.69. The predicted octanol–water partition coefficient (Wildman–Crippen LogP) is 4.11. The van der Waals surface area contributed by atoms with E-state index in [9.17, 15) is 0 Å². The summed E-state index contributed by atoms with van der Waals surface area (Å²) in [6.07, 6.45) is 7.58. The average molecular weight is 295 g/mol. The molecule has 0 unspecified atom stereocenters. The number of nitrogens with one attached hydrogen (secondary N) is 1. The molecule has 0 aromatic carbocycles. The molecule has 3 heterocycles. The Kier molecular flexibility index (Phi) is 4.09. The number of pyridine rings is 2. The molecule has 0 spiro atoms. The second kappa shape index (κ2) is 6.18. The summed E-state index contributed by atoms with van der Waals surface area (Å²) in [5.74, 6) is 0.923. The summed E-state index contributed by atoms with van der Waals surface area (Å²) in [6.45, 7) is 6.84. The van der Waals surface area contributed by atoms with E-state index >= 15 is 0 Å². The van der Waals surface area contributed by atoms with Crippen molar-refractivity contribution in [2.24, 2.45) is 0 Å². The van der Waals surface area contributed by atoms with E-state index in [2.05, 4.69) is 35.7 Å². The average Bonchev–Trinajstić information content (AvgIpc) is 2.83. The third-order valence-electron chi connectivity index (χ3n) is 3.96. The van der Waals surface area contributed by atoms with E-state index in [0.29, 0.717) is 6.61 Å². The molecule has 1 N–H and O–H groups in total. The van der Waals surface area contributed by atoms with E-state index in [-0.39, 0.29) is 0 Å². The molecule has 0 aliphatic heterocycles. The zero-order valence-electron chi connectivity index (χ0n) is 13.3. The fourth-order valence-corrected chi connectivity index (χ4v) is 2.64. The molecule has 0 radical (unpaired) electrons. The van der Waals surface area contributed by atoms with Crippen LogP contribution >= 0.6 is 0 Å². The molecule has 4 heteroatoms. The van der Waals surface area contributed by atoms with Crippen molar-refractivity contribution < 1.29 is 4.74 Å². The monoisotopic (exact) mass is 295 g/mol. The molecule has 0 bridgehead atoms. The summed E-state index contributed by atoms with van der Waals surface area (Å²) in [7, 11) is 0. The number of aromatic nitrogens is 3. The number of fused-ring (bicyclic) bond motifs is 1. The van der Waals surface area contributed by atoms with Crippen molar-refractivity contribution in [2.75, 3.05) is 0 Å². The number of rotatable bonds is 5. The van der Waals surface area contributed by atoms with Crippen LogP contribution in [0.5, 0.6) is 5.75 Å². The van der Waals surface area contributed by atoms with Crippen LogP contribution < -0.4 is 4.74 Å². The van der Waals surface area contributed by atoms with Gasteiger partial charge in [-0.05, 0) is 31.9 Å². The van der Waals surface area contributed by atoms with Crippen molar-refractivity contribution in [3.63, 3.8) is 0 Å². The largest absolute Gasteiger partial charge is 0.486 e. The molecule has 0 fully saturated rings. The van der Waals surface area contributed by atoms with E-state index in [1.54, 1.807) is 6.20 Å². The molecular weight excluding hydrogens is 274 g/mol. The van der Waals surface area contributed by atoms with Gasteiger partial charge in [0, 0.05) is 35.4 Å². The van der Waals surface area contributed by atoms with Crippen molar-refractivity contribution in [2.45, 2.75) is 40.2 Å². The maximum atomic E-state index is 6.15. The molecule has 0 aliphatic carbocycles. The molecule has 114 valence electrons. The highest BCUT2D eigenvalue weighted by molar-refractivity contribution is 5.86. The smallest absolute Gasteiger partial charge is 0.150 e. The van der Waals surface area contributed by atoms with Crippen LogP contribution in [-0.4, -0.2) is 15.0 Å². The minimum Gasteiger partial charge on any atom is -0.486 e. The molecule has 3 aromatic heterocycles. The number of aromatic amines is 1. The summed E-state index contributed by atoms with van der Waals surface area (Å²) in [5, 5.41) is 0. The number of aryl methyl sites for hydroxylation is 3. The minimum atomic E-state index is 0.515. The molecule has 0 amide bonds. The van der Waals surface area contributed by atoms with Gasteiger partial charge in [-0.1, -0.05) is 19.4 Å². The van der Waals surface area contributed by atoms with E-state index < -0.39 is 0 Å². The lowest BCUT2D eigenvalue weighted by Gasteiger charge is -2.12. The van der Waals surface area contributed by atoms with Crippen LogP contribution in [0.1, 0.15) is 35.7 Å². The summed E-state index contributed by atoms with van der Waals surface area (Å²) in [4.78, 5) is 12.2. The van der Waals surface area contributed by atoms with Gasteiger partial charge in [0.05, 0.1) is 5.52 Å². The van der Waals surface area contributed by atoms with Gasteiger partial charge in [-0.15, -0.1) is 0 Å². The van der Waals surface area contributed by atoms with Crippen molar-refractivity contribution in [3.8, 4) is 5.75 Å². The maximum Gasteiger partial charge on any atom is 0.150 e. The summed E-state index contributed by atoms with van der Waals surface area (Å²) in [5.41, 5.74) is 6.55. The molecular formula is C18H21N3O. The molecule has 3 rings (SSSR count). The maximum absolute atomic E-state index is 6.15. The van der Waals surface area contributed by atoms with Crippen LogP contribution in [0.2, 0.25) is 0 Å². The van der Waals surface area contributed by atoms with E-state index in [1.165, 1.54) is 5.56 Å². The van der Waals surface area contributed by atoms with Gasteiger partial charge in [-0.2, -0.15) is 0 Å². The van der Waals surface area contributed by atoms with Crippen LogP contribution in [0.15, 0.2) is 30.7 Å². The number of hydrogen-bond acceptors (Lipinski definition) is 3. The third kappa shape index (κ3) is 2.69. The van der Waals surface area contributed by atoms with Crippen molar-refractivity contribution >= 4 is 11.0 Å². The summed E-state index contributed by atoms with van der Waals surface area (Å²) in [6, 6.07) is 3.95. The third-order valence-corrected chi connectivity index (χ3v) is 3.96. The predicted molar refractivity (Wildman–Crippen MR) is 88.1 cm³/mol. The lowest BCUT2D eigenvalue weighted by molar-refractivity contribution is 0.305. The van der Waals surface area contributed by atoms with Gasteiger partial charge in [-0.25, -0.2) is 0 Å². The highest BCUT2D eigenvalue weighted by Crippen LogP contribution is 2.32. The Balaban J connectivity index is 2.00. The van der Waals surface area contributed by atoms with Crippen molar-refractivity contribution in [1.29, 1.82) is 0 Å². The zero-order valence-corrected chi connectivity index (χ0v) is 13.3. The first kappa shape index (κ1) is 14.6. The first-order valence-corrected chi connectivity index (χ1v) is 7.69. The Bertz CT molecular complexity index is 778. The van der Waals surface area contributed by atoms with Gasteiger partial charge in [0.1, 0.15) is 17.9 Å². The zero-order chi connectivity index (χ0) is 15.5. The quantitative estimate of drug-likeness (QED) is 0.770. The number of H-pyrrole nitrogens is 1. The van der Waals surface area contributed by atoms with Crippen LogP contribution in [0.25, 0.3) is 11.0 Å². The Morgan fingerprint density at radius 2 is 2.09 bits per heavy atom. The normalized spacial score (nSPS) is 11.0. The fraction of sp³-hybridized carbons (Fsp3) is 0.333. The molecule has 0 aliphatic rings. The molecule has 0 saturated heterocycles. The molecule has 0 atom stereocenters. The van der Waals surface area contributed by atoms with Gasteiger partial charge in [0.15, 0.2) is 0 Å². The van der Waals surface area contributed by atoms with Crippen LogP contribution in [0, 0.1) is 13.8 Å². The van der Waals surface area contributed by atoms with Crippen molar-refractivity contribution in [1.82, 2.24) is 15.0 Å². The topological polar surface area (TPSA) is 50.8 Å². The molecule has 4 nitrogen and oxygen atoms in total. The number of ether oxygens (including phenoxy) is 1. The Morgan fingerprint density at radius 3 is 2.82 bits per heavy atom. The SMILES string of the molecule is CCCc1cnc2c(C)c(C)[nH]c2c1OCc1cccnc1. The van der Waals surface area contributed by atoms with Crippen LogP contribution in [0.3, 0.4) is 0 Å². The lowest BCUT2D eigenvalue weighted by atomic mass is 10.1. The van der Waals surface area contributed by atoms with E-state index in [0.717, 1.165) is 46.4 Å². The molecule has 0 saturated carbocycles. The highest BCUT2D eigenvalue weighted by atomic mass is 16.5. The fourth-order valence-electron chi connectivity index (χ4n) is 2.64. The first-order chi connectivity index (χ1) is 10.7. The van der Waals surface area contributed by atoms with E-state index in [4.69, 9.17) is 4.74 Å². The Hall–Kier alpha value is -2.36. The standard InChI is InChI=1S/C18H21N3O/c1-4-6-15-10-20-16-12(2)13(3)21-17(16)18(15)22-11-14-7-5-8-19-9-14/h5,7-10,21H,4,6,11H2,1-3H3. The van der Waals surface area contributed by atoms with Crippen LogP contribution in [-0.2, 0) is 13.0 Å². The number of nitrogens with zero attached hydrogens (tertiary/aromatic N) is 2. The minimum absolute atomic E-state index is 0.515. The van der Waals surface area contributed by atoms with Gasteiger partial charge >= 0.3 is 0 Å². The molecule has 3 aromatic rings. The van der Waals surface area contributed by atoms with Crippen LogP contribution in [0.4, 0.5) is 0 Å². The Labute approximate surface area is 130 Å². The van der Waals surface area contributed by atoms with Gasteiger partial charge in [0.25, 0.3) is 0 Å². The van der Waals surface area contributed by atoms with Gasteiger partial charge < -0.3 is 9.72 Å². The lowest BCUT2D eigenvalue weighted by Crippen LogP contribution is -2.01. The number of hydrogen-bond donors (Lipinski definition) is 1. The van der Waals surface area contributed by atoms with Gasteiger partial charge in [0.2, 0.25) is 0 Å². The second-order valence-corrected chi connectivity index (χ2v) is 5.61. The highest BCUT2D eigenvalue weighted by Gasteiger charge is 2.15. The summed E-state index contributed by atoms with van der Waals surface area (Å²) >= 11 is 0. The molecule has 22 heavy (non-hydrogen) atoms. The Morgan fingerprint density at radius 1 is 1.23 bits per heavy atom. The van der Waals surface area contributed by atoms with Gasteiger partial charge in [-0.3, -0.25) is 9.97 Å². The van der Waals surface area contributed by atoms with Crippen molar-refractivity contribution in [3.05, 3.63) is 53.1 Å². The van der Waals surface area contributed by atoms with E-state index in [1.807, 2.05) is 24.5 Å². The summed E-state index contributed by atoms with van der Waals surface area (Å²) < 4.78 is 6.15. The second-order valence-electron chi connectivity index (χ2n) is 5.61.